The van der Waals surface area contributed by atoms with Crippen LogP contribution in [-0.4, -0.2) is 57.8 Å². The molecule has 152 valence electrons. The zero-order valence-electron chi connectivity index (χ0n) is 16.0. The molecule has 0 bridgehead atoms. The zero-order valence-corrected chi connectivity index (χ0v) is 16.0. The van der Waals surface area contributed by atoms with Crippen LogP contribution in [0.5, 0.6) is 0 Å². The lowest BCUT2D eigenvalue weighted by Gasteiger charge is -2.41. The van der Waals surface area contributed by atoms with Gasteiger partial charge in [0.1, 0.15) is 17.9 Å². The van der Waals surface area contributed by atoms with Gasteiger partial charge in [0.15, 0.2) is 0 Å². The van der Waals surface area contributed by atoms with E-state index in [0.29, 0.717) is 13.0 Å². The Labute approximate surface area is 167 Å². The highest BCUT2D eigenvalue weighted by Gasteiger charge is 2.45. The molecule has 2 aliphatic rings. The molecule has 3 amide bonds. The summed E-state index contributed by atoms with van der Waals surface area (Å²) in [5.41, 5.74) is 0.416. The molecular weight excluding hydrogens is 377 g/mol. The van der Waals surface area contributed by atoms with E-state index in [4.69, 9.17) is 0 Å². The van der Waals surface area contributed by atoms with E-state index in [1.54, 1.807) is 6.20 Å². The van der Waals surface area contributed by atoms with E-state index >= 15 is 0 Å². The van der Waals surface area contributed by atoms with Crippen LogP contribution >= 0.6 is 0 Å². The molecule has 1 saturated carbocycles. The standard InChI is InChI=1S/C20H22FN5O3/c1-22-19(28)16-6-8-26(16)20(29)17(12-2-3-12)24-18(27)13-4-5-15(14(21)10-13)25-9-7-23-11-25/h4-5,7,9-12,16-17H,2-3,6,8H2,1H3,(H,22,28)(H,24,27). The van der Waals surface area contributed by atoms with Gasteiger partial charge in [0.25, 0.3) is 5.91 Å². The molecule has 1 aliphatic heterocycles. The lowest BCUT2D eigenvalue weighted by Crippen LogP contribution is -2.62. The third-order valence-corrected chi connectivity index (χ3v) is 5.49. The monoisotopic (exact) mass is 399 g/mol. The van der Waals surface area contributed by atoms with Gasteiger partial charge in [0.2, 0.25) is 11.8 Å². The van der Waals surface area contributed by atoms with Crippen molar-refractivity contribution in [2.24, 2.45) is 5.92 Å². The Balaban J connectivity index is 1.48. The Kier molecular flexibility index (Phi) is 5.04. The zero-order chi connectivity index (χ0) is 20.5. The van der Waals surface area contributed by atoms with Gasteiger partial charge in [0.05, 0.1) is 12.0 Å². The SMILES string of the molecule is CNC(=O)C1CCN1C(=O)C(NC(=O)c1ccc(-n2ccnc2)c(F)c1)C1CC1. The molecule has 0 spiro atoms. The van der Waals surface area contributed by atoms with Gasteiger partial charge in [0, 0.05) is 31.5 Å². The highest BCUT2D eigenvalue weighted by molar-refractivity contribution is 5.99. The second kappa shape index (κ2) is 7.65. The number of likely N-dealkylation sites (N-methyl/N-ethyl adjacent to an activating group) is 1. The predicted molar refractivity (Wildman–Crippen MR) is 102 cm³/mol. The van der Waals surface area contributed by atoms with Crippen molar-refractivity contribution in [2.75, 3.05) is 13.6 Å². The molecule has 2 heterocycles. The molecule has 2 unspecified atom stereocenters. The summed E-state index contributed by atoms with van der Waals surface area (Å²) in [6.45, 7) is 0.490. The highest BCUT2D eigenvalue weighted by atomic mass is 19.1. The van der Waals surface area contributed by atoms with Crippen molar-refractivity contribution in [2.45, 2.75) is 31.3 Å². The molecule has 29 heavy (non-hydrogen) atoms. The fourth-order valence-corrected chi connectivity index (χ4v) is 3.56. The predicted octanol–water partition coefficient (Wildman–Crippen LogP) is 0.867. The summed E-state index contributed by atoms with van der Waals surface area (Å²) < 4.78 is 16.0. The number of hydrogen-bond acceptors (Lipinski definition) is 4. The maximum absolute atomic E-state index is 14.5. The van der Waals surface area contributed by atoms with E-state index < -0.39 is 23.8 Å². The maximum Gasteiger partial charge on any atom is 0.252 e. The first kappa shape index (κ1) is 19.1. The lowest BCUT2D eigenvalue weighted by molar-refractivity contribution is -0.149. The highest BCUT2D eigenvalue weighted by Crippen LogP contribution is 2.35. The molecule has 4 rings (SSSR count). The fraction of sp³-hybridized carbons (Fsp3) is 0.400. The summed E-state index contributed by atoms with van der Waals surface area (Å²) in [6, 6.07) is 2.97. The normalized spacial score (nSPS) is 19.2. The van der Waals surface area contributed by atoms with Crippen LogP contribution in [0.2, 0.25) is 0 Å². The van der Waals surface area contributed by atoms with Gasteiger partial charge in [-0.05, 0) is 43.4 Å². The van der Waals surface area contributed by atoms with E-state index in [1.807, 2.05) is 0 Å². The summed E-state index contributed by atoms with van der Waals surface area (Å²) in [4.78, 5) is 42.9. The summed E-state index contributed by atoms with van der Waals surface area (Å²) in [6.07, 6.45) is 6.89. The van der Waals surface area contributed by atoms with Crippen LogP contribution in [0.25, 0.3) is 5.69 Å². The number of carbonyl (C=O) groups excluding carboxylic acids is 3. The van der Waals surface area contributed by atoms with Crippen LogP contribution in [-0.2, 0) is 9.59 Å². The topological polar surface area (TPSA) is 96.3 Å². The largest absolute Gasteiger partial charge is 0.357 e. The summed E-state index contributed by atoms with van der Waals surface area (Å²) in [7, 11) is 1.53. The first-order valence-corrected chi connectivity index (χ1v) is 9.60. The number of benzene rings is 1. The minimum Gasteiger partial charge on any atom is -0.357 e. The number of nitrogens with one attached hydrogen (secondary N) is 2. The number of carbonyl (C=O) groups is 3. The molecule has 8 nitrogen and oxygen atoms in total. The second-order valence-electron chi connectivity index (χ2n) is 7.38. The Morgan fingerprint density at radius 3 is 2.59 bits per heavy atom. The molecular formula is C20H22FN5O3. The number of hydrogen-bond donors (Lipinski definition) is 2. The molecule has 2 aromatic rings. The Hall–Kier alpha value is -3.23. The van der Waals surface area contributed by atoms with Crippen LogP contribution in [0.1, 0.15) is 29.6 Å². The van der Waals surface area contributed by atoms with E-state index in [2.05, 4.69) is 15.6 Å². The Morgan fingerprint density at radius 2 is 2.03 bits per heavy atom. The van der Waals surface area contributed by atoms with E-state index in [-0.39, 0.29) is 29.0 Å². The van der Waals surface area contributed by atoms with Crippen molar-refractivity contribution in [1.82, 2.24) is 25.1 Å². The third-order valence-electron chi connectivity index (χ3n) is 5.49. The average Bonchev–Trinajstić information content (AvgIpc) is 3.38. The fourth-order valence-electron chi connectivity index (χ4n) is 3.56. The Bertz CT molecular complexity index is 942. The van der Waals surface area contributed by atoms with E-state index in [1.165, 1.54) is 41.2 Å². The van der Waals surface area contributed by atoms with Gasteiger partial charge < -0.3 is 20.1 Å². The van der Waals surface area contributed by atoms with Crippen LogP contribution in [0, 0.1) is 11.7 Å². The Morgan fingerprint density at radius 1 is 1.24 bits per heavy atom. The molecule has 9 heteroatoms. The number of likely N-dealkylation sites (tertiary alicyclic amines) is 1. The van der Waals surface area contributed by atoms with Gasteiger partial charge in [-0.2, -0.15) is 0 Å². The minimum absolute atomic E-state index is 0.0486. The van der Waals surface area contributed by atoms with Crippen LogP contribution in [0.3, 0.4) is 0 Å². The molecule has 2 fully saturated rings. The summed E-state index contributed by atoms with van der Waals surface area (Å²) in [5.74, 6) is -1.48. The number of amides is 3. The van der Waals surface area contributed by atoms with Gasteiger partial charge in [-0.3, -0.25) is 14.4 Å². The molecule has 1 aromatic carbocycles. The molecule has 2 atom stereocenters. The van der Waals surface area contributed by atoms with Crippen molar-refractivity contribution < 1.29 is 18.8 Å². The number of rotatable bonds is 6. The van der Waals surface area contributed by atoms with Crippen molar-refractivity contribution in [1.29, 1.82) is 0 Å². The molecule has 1 aliphatic carbocycles. The quantitative estimate of drug-likeness (QED) is 0.753. The average molecular weight is 399 g/mol. The first-order chi connectivity index (χ1) is 14.0. The molecule has 0 radical (unpaired) electrons. The van der Waals surface area contributed by atoms with Crippen molar-refractivity contribution >= 4 is 17.7 Å². The van der Waals surface area contributed by atoms with Crippen molar-refractivity contribution in [3.05, 3.63) is 48.3 Å². The van der Waals surface area contributed by atoms with Gasteiger partial charge in [-0.1, -0.05) is 0 Å². The van der Waals surface area contributed by atoms with Gasteiger partial charge in [-0.15, -0.1) is 0 Å². The third kappa shape index (κ3) is 3.72. The van der Waals surface area contributed by atoms with E-state index in [0.717, 1.165) is 18.9 Å². The molecule has 2 N–H and O–H groups in total. The maximum atomic E-state index is 14.5. The number of halogens is 1. The number of aromatic nitrogens is 2. The van der Waals surface area contributed by atoms with Gasteiger partial charge in [-0.25, -0.2) is 9.37 Å². The number of nitrogens with zero attached hydrogens (tertiary/aromatic N) is 3. The molecule has 1 aromatic heterocycles. The van der Waals surface area contributed by atoms with Crippen LogP contribution < -0.4 is 10.6 Å². The smallest absolute Gasteiger partial charge is 0.252 e. The molecule has 1 saturated heterocycles. The van der Waals surface area contributed by atoms with E-state index in [9.17, 15) is 18.8 Å². The number of imidazole rings is 1. The van der Waals surface area contributed by atoms with Gasteiger partial charge >= 0.3 is 0 Å². The van der Waals surface area contributed by atoms with Crippen molar-refractivity contribution in [3.63, 3.8) is 0 Å². The first-order valence-electron chi connectivity index (χ1n) is 9.60. The van der Waals surface area contributed by atoms with Crippen molar-refractivity contribution in [3.8, 4) is 5.69 Å². The summed E-state index contributed by atoms with van der Waals surface area (Å²) >= 11 is 0. The van der Waals surface area contributed by atoms with Crippen LogP contribution in [0.4, 0.5) is 4.39 Å². The minimum atomic E-state index is -0.702. The lowest BCUT2D eigenvalue weighted by atomic mass is 9.99. The summed E-state index contributed by atoms with van der Waals surface area (Å²) in [5, 5.41) is 5.31. The second-order valence-corrected chi connectivity index (χ2v) is 7.38. The van der Waals surface area contributed by atoms with Crippen LogP contribution in [0.15, 0.2) is 36.9 Å².